The Hall–Kier alpha value is -2.74. The first-order valence-electron chi connectivity index (χ1n) is 5.82. The zero-order valence-corrected chi connectivity index (χ0v) is 10.4. The molecule has 0 spiro atoms. The lowest BCUT2D eigenvalue weighted by Crippen LogP contribution is -2.23. The van der Waals surface area contributed by atoms with Crippen LogP contribution in [-0.2, 0) is 6.54 Å². The monoisotopic (exact) mass is 272 g/mol. The van der Waals surface area contributed by atoms with Crippen LogP contribution in [0, 0.1) is 23.0 Å². The Bertz CT molecular complexity index is 675. The van der Waals surface area contributed by atoms with Crippen LogP contribution in [-0.4, -0.2) is 5.91 Å². The topological polar surface area (TPSA) is 52.9 Å². The number of hydrogen-bond donors (Lipinski definition) is 1. The largest absolute Gasteiger partial charge is 0.348 e. The van der Waals surface area contributed by atoms with E-state index in [-0.39, 0.29) is 12.1 Å². The normalized spacial score (nSPS) is 9.85. The lowest BCUT2D eigenvalue weighted by Gasteiger charge is -2.06. The van der Waals surface area contributed by atoms with E-state index in [0.29, 0.717) is 11.6 Å². The fourth-order valence-electron chi connectivity index (χ4n) is 1.65. The summed E-state index contributed by atoms with van der Waals surface area (Å²) in [6.07, 6.45) is 0. The van der Waals surface area contributed by atoms with Crippen molar-refractivity contribution in [3.8, 4) is 6.07 Å². The average Bonchev–Trinajstić information content (AvgIpc) is 2.45. The number of halogens is 2. The molecular formula is C15H10F2N2O. The summed E-state index contributed by atoms with van der Waals surface area (Å²) >= 11 is 0. The van der Waals surface area contributed by atoms with Crippen LogP contribution in [0.25, 0.3) is 0 Å². The number of carbonyl (C=O) groups is 1. The molecule has 1 N–H and O–H groups in total. The molecule has 0 heterocycles. The van der Waals surface area contributed by atoms with Gasteiger partial charge in [0.2, 0.25) is 0 Å². The zero-order chi connectivity index (χ0) is 14.5. The molecule has 0 aliphatic carbocycles. The third-order valence-electron chi connectivity index (χ3n) is 2.71. The van der Waals surface area contributed by atoms with Crippen molar-refractivity contribution in [2.75, 3.05) is 0 Å². The van der Waals surface area contributed by atoms with Gasteiger partial charge in [0, 0.05) is 12.6 Å². The maximum atomic E-state index is 13.4. The van der Waals surface area contributed by atoms with Crippen LogP contribution in [0.2, 0.25) is 0 Å². The standard InChI is InChI=1S/C15H10F2N2O/c16-12-5-6-13(14(17)7-12)15(20)19-9-11-3-1-10(8-18)2-4-11/h1-7H,9H2,(H,19,20). The number of rotatable bonds is 3. The van der Waals surface area contributed by atoms with Crippen LogP contribution in [0.1, 0.15) is 21.5 Å². The minimum Gasteiger partial charge on any atom is -0.348 e. The molecule has 0 saturated heterocycles. The van der Waals surface area contributed by atoms with Crippen LogP contribution < -0.4 is 5.32 Å². The molecule has 0 aliphatic rings. The summed E-state index contributed by atoms with van der Waals surface area (Å²) in [6, 6.07) is 11.4. The molecule has 0 saturated carbocycles. The summed E-state index contributed by atoms with van der Waals surface area (Å²) in [5, 5.41) is 11.2. The molecule has 0 radical (unpaired) electrons. The Labute approximate surface area is 114 Å². The van der Waals surface area contributed by atoms with E-state index in [1.54, 1.807) is 24.3 Å². The van der Waals surface area contributed by atoms with Crippen LogP contribution in [0.5, 0.6) is 0 Å². The van der Waals surface area contributed by atoms with E-state index in [4.69, 9.17) is 5.26 Å². The maximum absolute atomic E-state index is 13.4. The van der Waals surface area contributed by atoms with E-state index in [0.717, 1.165) is 17.7 Å². The van der Waals surface area contributed by atoms with Crippen molar-refractivity contribution >= 4 is 5.91 Å². The van der Waals surface area contributed by atoms with Gasteiger partial charge < -0.3 is 5.32 Å². The highest BCUT2D eigenvalue weighted by atomic mass is 19.1. The van der Waals surface area contributed by atoms with Gasteiger partial charge in [-0.15, -0.1) is 0 Å². The Balaban J connectivity index is 2.03. The summed E-state index contributed by atoms with van der Waals surface area (Å²) < 4.78 is 26.1. The summed E-state index contributed by atoms with van der Waals surface area (Å²) in [5.74, 6) is -2.25. The molecule has 0 aliphatic heterocycles. The van der Waals surface area contributed by atoms with Gasteiger partial charge in [-0.1, -0.05) is 12.1 Å². The fraction of sp³-hybridized carbons (Fsp3) is 0.0667. The number of nitrogens with zero attached hydrogens (tertiary/aromatic N) is 1. The molecule has 2 aromatic carbocycles. The third-order valence-corrected chi connectivity index (χ3v) is 2.71. The third kappa shape index (κ3) is 3.18. The number of nitrogens with one attached hydrogen (secondary N) is 1. The maximum Gasteiger partial charge on any atom is 0.254 e. The lowest BCUT2D eigenvalue weighted by molar-refractivity contribution is 0.0947. The Kier molecular flexibility index (Phi) is 4.06. The Morgan fingerprint density at radius 2 is 1.85 bits per heavy atom. The van der Waals surface area contributed by atoms with E-state index in [2.05, 4.69) is 5.32 Å². The van der Waals surface area contributed by atoms with E-state index >= 15 is 0 Å². The van der Waals surface area contributed by atoms with Gasteiger partial charge >= 0.3 is 0 Å². The van der Waals surface area contributed by atoms with Crippen molar-refractivity contribution in [3.05, 3.63) is 70.8 Å². The van der Waals surface area contributed by atoms with Crippen LogP contribution in [0.4, 0.5) is 8.78 Å². The van der Waals surface area contributed by atoms with Crippen molar-refractivity contribution in [3.63, 3.8) is 0 Å². The second-order valence-corrected chi connectivity index (χ2v) is 4.12. The quantitative estimate of drug-likeness (QED) is 0.934. The van der Waals surface area contributed by atoms with E-state index < -0.39 is 17.5 Å². The second kappa shape index (κ2) is 5.93. The molecule has 0 aromatic heterocycles. The van der Waals surface area contributed by atoms with E-state index in [9.17, 15) is 13.6 Å². The first-order valence-corrected chi connectivity index (χ1v) is 5.82. The molecule has 0 unspecified atom stereocenters. The van der Waals surface area contributed by atoms with Gasteiger partial charge in [0.25, 0.3) is 5.91 Å². The second-order valence-electron chi connectivity index (χ2n) is 4.12. The van der Waals surface area contributed by atoms with Gasteiger partial charge in [0.1, 0.15) is 11.6 Å². The van der Waals surface area contributed by atoms with Crippen LogP contribution in [0.15, 0.2) is 42.5 Å². The van der Waals surface area contributed by atoms with E-state index in [1.807, 2.05) is 6.07 Å². The van der Waals surface area contributed by atoms with Gasteiger partial charge in [0.05, 0.1) is 17.2 Å². The molecule has 0 bridgehead atoms. The molecule has 100 valence electrons. The molecule has 2 rings (SSSR count). The summed E-state index contributed by atoms with van der Waals surface area (Å²) in [5.41, 5.74) is 1.09. The number of amides is 1. The minimum absolute atomic E-state index is 0.196. The summed E-state index contributed by atoms with van der Waals surface area (Å²) in [7, 11) is 0. The fourth-order valence-corrected chi connectivity index (χ4v) is 1.65. The predicted molar refractivity (Wildman–Crippen MR) is 68.7 cm³/mol. The van der Waals surface area contributed by atoms with Crippen molar-refractivity contribution in [1.82, 2.24) is 5.32 Å². The zero-order valence-electron chi connectivity index (χ0n) is 10.4. The highest BCUT2D eigenvalue weighted by Gasteiger charge is 2.11. The van der Waals surface area contributed by atoms with Crippen molar-refractivity contribution in [1.29, 1.82) is 5.26 Å². The molecule has 5 heteroatoms. The lowest BCUT2D eigenvalue weighted by atomic mass is 10.1. The average molecular weight is 272 g/mol. The van der Waals surface area contributed by atoms with Gasteiger partial charge in [-0.05, 0) is 29.8 Å². The molecule has 20 heavy (non-hydrogen) atoms. The van der Waals surface area contributed by atoms with Crippen LogP contribution in [0.3, 0.4) is 0 Å². The molecular weight excluding hydrogens is 262 g/mol. The van der Waals surface area contributed by atoms with Gasteiger partial charge in [0.15, 0.2) is 0 Å². The van der Waals surface area contributed by atoms with Gasteiger partial charge in [-0.2, -0.15) is 5.26 Å². The highest BCUT2D eigenvalue weighted by molar-refractivity contribution is 5.94. The van der Waals surface area contributed by atoms with E-state index in [1.165, 1.54) is 0 Å². The first-order chi connectivity index (χ1) is 9.60. The molecule has 0 atom stereocenters. The minimum atomic E-state index is -0.901. The smallest absolute Gasteiger partial charge is 0.254 e. The SMILES string of the molecule is N#Cc1ccc(CNC(=O)c2ccc(F)cc2F)cc1. The van der Waals surface area contributed by atoms with Gasteiger partial charge in [-0.25, -0.2) is 8.78 Å². The van der Waals surface area contributed by atoms with Crippen molar-refractivity contribution < 1.29 is 13.6 Å². The highest BCUT2D eigenvalue weighted by Crippen LogP contribution is 2.10. The number of nitriles is 1. The van der Waals surface area contributed by atoms with Crippen molar-refractivity contribution in [2.45, 2.75) is 6.54 Å². The molecule has 2 aromatic rings. The first kappa shape index (κ1) is 13.7. The van der Waals surface area contributed by atoms with Crippen molar-refractivity contribution in [2.24, 2.45) is 0 Å². The summed E-state index contributed by atoms with van der Waals surface area (Å²) in [6.45, 7) is 0.196. The Morgan fingerprint density at radius 1 is 1.15 bits per heavy atom. The van der Waals surface area contributed by atoms with Gasteiger partial charge in [-0.3, -0.25) is 4.79 Å². The molecule has 0 fully saturated rings. The number of carbonyl (C=O) groups excluding carboxylic acids is 1. The summed E-state index contributed by atoms with van der Waals surface area (Å²) in [4.78, 5) is 11.7. The Morgan fingerprint density at radius 3 is 2.45 bits per heavy atom. The molecule has 3 nitrogen and oxygen atoms in total. The number of benzene rings is 2. The molecule has 1 amide bonds. The van der Waals surface area contributed by atoms with Crippen LogP contribution >= 0.6 is 0 Å². The predicted octanol–water partition coefficient (Wildman–Crippen LogP) is 2.77. The number of hydrogen-bond acceptors (Lipinski definition) is 2.